The number of anilines is 1. The van der Waals surface area contributed by atoms with E-state index in [1.807, 2.05) is 6.20 Å². The van der Waals surface area contributed by atoms with Gasteiger partial charge in [-0.05, 0) is 55.0 Å². The number of carbonyl (C=O) groups excluding carboxylic acids is 1. The summed E-state index contributed by atoms with van der Waals surface area (Å²) >= 11 is 5.92. The summed E-state index contributed by atoms with van der Waals surface area (Å²) in [5.74, 6) is 1.09. The molecule has 168 valence electrons. The molecule has 4 rings (SSSR count). The average Bonchev–Trinajstić information content (AvgIpc) is 3.26. The van der Waals surface area contributed by atoms with Crippen molar-refractivity contribution in [2.75, 3.05) is 12.4 Å². The summed E-state index contributed by atoms with van der Waals surface area (Å²) in [6.45, 7) is 2.94. The van der Waals surface area contributed by atoms with Crippen molar-refractivity contribution in [3.05, 3.63) is 106 Å². The molecule has 0 bridgehead atoms. The van der Waals surface area contributed by atoms with Crippen LogP contribution in [0.15, 0.2) is 79.1 Å². The van der Waals surface area contributed by atoms with Crippen LogP contribution >= 0.6 is 11.6 Å². The normalized spacial score (nSPS) is 10.6. The monoisotopic (exact) mass is 461 g/mol. The van der Waals surface area contributed by atoms with Crippen LogP contribution in [0.1, 0.15) is 27.0 Å². The smallest absolute Gasteiger partial charge is 0.255 e. The van der Waals surface area contributed by atoms with Crippen LogP contribution in [0, 0.1) is 6.92 Å². The molecule has 4 aromatic rings. The molecule has 0 aliphatic rings. The number of methoxy groups -OCH3 is 1. The quantitative estimate of drug-likeness (QED) is 0.363. The summed E-state index contributed by atoms with van der Waals surface area (Å²) in [6.07, 6.45) is 3.45. The van der Waals surface area contributed by atoms with Crippen LogP contribution in [0.5, 0.6) is 11.5 Å². The Morgan fingerprint density at radius 2 is 1.82 bits per heavy atom. The number of nitrogens with one attached hydrogen (secondary N) is 1. The van der Waals surface area contributed by atoms with E-state index in [4.69, 9.17) is 21.1 Å². The highest BCUT2D eigenvalue weighted by Gasteiger charge is 2.12. The molecule has 33 heavy (non-hydrogen) atoms. The van der Waals surface area contributed by atoms with Gasteiger partial charge in [0.1, 0.15) is 18.1 Å². The minimum Gasteiger partial charge on any atom is -0.496 e. The van der Waals surface area contributed by atoms with Crippen molar-refractivity contribution in [1.29, 1.82) is 0 Å². The standard InChI is InChI=1S/C26H24ClN3O3/c1-18-3-5-19(6-4-18)15-30-16-23(14-28-30)29-26(31)20-7-12-25(32-2)21(13-20)17-33-24-10-8-22(27)9-11-24/h3-14,16H,15,17H2,1-2H3,(H,29,31). The lowest BCUT2D eigenvalue weighted by Gasteiger charge is -2.12. The van der Waals surface area contributed by atoms with Gasteiger partial charge in [0.25, 0.3) is 5.91 Å². The van der Waals surface area contributed by atoms with Gasteiger partial charge in [-0.1, -0.05) is 41.4 Å². The Hall–Kier alpha value is -3.77. The molecule has 1 aromatic heterocycles. The zero-order chi connectivity index (χ0) is 23.2. The average molecular weight is 462 g/mol. The van der Waals surface area contributed by atoms with E-state index in [9.17, 15) is 4.79 Å². The molecule has 0 aliphatic heterocycles. The van der Waals surface area contributed by atoms with Crippen LogP contribution in [0.3, 0.4) is 0 Å². The van der Waals surface area contributed by atoms with Gasteiger partial charge in [-0.15, -0.1) is 0 Å². The molecule has 1 amide bonds. The van der Waals surface area contributed by atoms with E-state index in [2.05, 4.69) is 41.6 Å². The first kappa shape index (κ1) is 22.4. The van der Waals surface area contributed by atoms with E-state index in [0.717, 1.165) is 11.1 Å². The number of hydrogen-bond donors (Lipinski definition) is 1. The molecule has 6 nitrogen and oxygen atoms in total. The third kappa shape index (κ3) is 5.93. The predicted molar refractivity (Wildman–Crippen MR) is 129 cm³/mol. The zero-order valence-corrected chi connectivity index (χ0v) is 19.2. The van der Waals surface area contributed by atoms with Gasteiger partial charge in [0.15, 0.2) is 0 Å². The second-order valence-corrected chi connectivity index (χ2v) is 8.07. The van der Waals surface area contributed by atoms with Crippen molar-refractivity contribution in [2.24, 2.45) is 0 Å². The first-order valence-electron chi connectivity index (χ1n) is 10.4. The fourth-order valence-electron chi connectivity index (χ4n) is 3.32. The molecule has 3 aromatic carbocycles. The molecule has 0 saturated heterocycles. The van der Waals surface area contributed by atoms with Crippen molar-refractivity contribution in [1.82, 2.24) is 9.78 Å². The van der Waals surface area contributed by atoms with Crippen molar-refractivity contribution in [3.63, 3.8) is 0 Å². The van der Waals surface area contributed by atoms with Crippen LogP contribution in [0.4, 0.5) is 5.69 Å². The SMILES string of the molecule is COc1ccc(C(=O)Nc2cnn(Cc3ccc(C)cc3)c2)cc1COc1ccc(Cl)cc1. The lowest BCUT2D eigenvalue weighted by molar-refractivity contribution is 0.102. The molecule has 0 unspecified atom stereocenters. The number of hydrogen-bond acceptors (Lipinski definition) is 4. The van der Waals surface area contributed by atoms with Gasteiger partial charge < -0.3 is 14.8 Å². The first-order valence-corrected chi connectivity index (χ1v) is 10.8. The van der Waals surface area contributed by atoms with Crippen LogP contribution < -0.4 is 14.8 Å². The van der Waals surface area contributed by atoms with Gasteiger partial charge in [-0.25, -0.2) is 0 Å². The molecule has 0 atom stereocenters. The van der Waals surface area contributed by atoms with Gasteiger partial charge in [-0.2, -0.15) is 5.10 Å². The Bertz CT molecular complexity index is 1230. The number of rotatable bonds is 8. The molecule has 0 aliphatic carbocycles. The lowest BCUT2D eigenvalue weighted by Crippen LogP contribution is -2.12. The zero-order valence-electron chi connectivity index (χ0n) is 18.4. The fourth-order valence-corrected chi connectivity index (χ4v) is 3.45. The highest BCUT2D eigenvalue weighted by Crippen LogP contribution is 2.24. The number of aryl methyl sites for hydroxylation is 1. The van der Waals surface area contributed by atoms with E-state index in [1.54, 1.807) is 60.5 Å². The third-order valence-electron chi connectivity index (χ3n) is 5.11. The van der Waals surface area contributed by atoms with E-state index in [0.29, 0.717) is 34.3 Å². The van der Waals surface area contributed by atoms with E-state index >= 15 is 0 Å². The van der Waals surface area contributed by atoms with Crippen LogP contribution in [-0.4, -0.2) is 22.8 Å². The Kier molecular flexibility index (Phi) is 6.95. The Labute approximate surface area is 197 Å². The summed E-state index contributed by atoms with van der Waals surface area (Å²) in [5, 5.41) is 7.89. The highest BCUT2D eigenvalue weighted by molar-refractivity contribution is 6.30. The number of ether oxygens (including phenoxy) is 2. The maximum atomic E-state index is 12.8. The van der Waals surface area contributed by atoms with Crippen molar-refractivity contribution in [3.8, 4) is 11.5 Å². The molecule has 7 heteroatoms. The second kappa shape index (κ2) is 10.2. The maximum absolute atomic E-state index is 12.8. The summed E-state index contributed by atoms with van der Waals surface area (Å²) < 4.78 is 13.0. The van der Waals surface area contributed by atoms with Crippen LogP contribution in [-0.2, 0) is 13.2 Å². The summed E-state index contributed by atoms with van der Waals surface area (Å²) in [6, 6.07) is 20.6. The van der Waals surface area contributed by atoms with Crippen molar-refractivity contribution < 1.29 is 14.3 Å². The maximum Gasteiger partial charge on any atom is 0.255 e. The van der Waals surface area contributed by atoms with Crippen molar-refractivity contribution >= 4 is 23.2 Å². The second-order valence-electron chi connectivity index (χ2n) is 7.64. The molecular formula is C26H24ClN3O3. The van der Waals surface area contributed by atoms with Gasteiger partial charge in [0.2, 0.25) is 0 Å². The topological polar surface area (TPSA) is 65.4 Å². The molecule has 0 spiro atoms. The molecular weight excluding hydrogens is 438 g/mol. The number of amides is 1. The van der Waals surface area contributed by atoms with Gasteiger partial charge in [-0.3, -0.25) is 9.48 Å². The third-order valence-corrected chi connectivity index (χ3v) is 5.36. The van der Waals surface area contributed by atoms with Crippen LogP contribution in [0.2, 0.25) is 5.02 Å². The highest BCUT2D eigenvalue weighted by atomic mass is 35.5. The predicted octanol–water partition coefficient (Wildman–Crippen LogP) is 5.73. The van der Waals surface area contributed by atoms with Gasteiger partial charge in [0, 0.05) is 22.3 Å². The minimum atomic E-state index is -0.236. The first-order chi connectivity index (χ1) is 16.0. The number of carbonyl (C=O) groups is 1. The van der Waals surface area contributed by atoms with Crippen molar-refractivity contribution in [2.45, 2.75) is 20.1 Å². The lowest BCUT2D eigenvalue weighted by atomic mass is 10.1. The number of nitrogens with zero attached hydrogens (tertiary/aromatic N) is 2. The summed E-state index contributed by atoms with van der Waals surface area (Å²) in [7, 11) is 1.59. The molecule has 0 fully saturated rings. The molecule has 0 radical (unpaired) electrons. The number of halogens is 1. The molecule has 1 heterocycles. The van der Waals surface area contributed by atoms with Gasteiger partial charge in [0.05, 0.1) is 25.5 Å². The Morgan fingerprint density at radius 3 is 2.55 bits per heavy atom. The minimum absolute atomic E-state index is 0.236. The molecule has 1 N–H and O–H groups in total. The van der Waals surface area contributed by atoms with Crippen LogP contribution in [0.25, 0.3) is 0 Å². The Morgan fingerprint density at radius 1 is 1.06 bits per heavy atom. The largest absolute Gasteiger partial charge is 0.496 e. The number of aromatic nitrogens is 2. The van der Waals surface area contributed by atoms with E-state index in [-0.39, 0.29) is 12.5 Å². The fraction of sp³-hybridized carbons (Fsp3) is 0.154. The van der Waals surface area contributed by atoms with E-state index in [1.165, 1.54) is 5.56 Å². The Balaban J connectivity index is 1.42. The van der Waals surface area contributed by atoms with Gasteiger partial charge >= 0.3 is 0 Å². The molecule has 0 saturated carbocycles. The number of benzene rings is 3. The summed E-state index contributed by atoms with van der Waals surface area (Å²) in [4.78, 5) is 12.8. The summed E-state index contributed by atoms with van der Waals surface area (Å²) in [5.41, 5.74) is 4.24. The van der Waals surface area contributed by atoms with E-state index < -0.39 is 0 Å².